The first-order valence-corrected chi connectivity index (χ1v) is 14.5. The van der Waals surface area contributed by atoms with Gasteiger partial charge in [0.1, 0.15) is 24.4 Å². The number of ether oxygens (including phenoxy) is 4. The van der Waals surface area contributed by atoms with Crippen molar-refractivity contribution in [3.05, 3.63) is 148 Å². The summed E-state index contributed by atoms with van der Waals surface area (Å²) in [4.78, 5) is 35.6. The van der Waals surface area contributed by atoms with E-state index in [1.165, 1.54) is 24.3 Å². The summed E-state index contributed by atoms with van der Waals surface area (Å²) < 4.78 is 23.4. The second kappa shape index (κ2) is 14.1. The van der Waals surface area contributed by atoms with Crippen molar-refractivity contribution in [3.8, 4) is 0 Å². The molecule has 1 aliphatic heterocycles. The summed E-state index contributed by atoms with van der Waals surface area (Å²) in [5.41, 5.74) is 2.30. The number of hydrogen-bond donors (Lipinski definition) is 1. The number of nitro groups is 1. The number of β-lactam (4-membered cyclic amide) rings is 1. The van der Waals surface area contributed by atoms with Crippen LogP contribution < -0.4 is 5.32 Å². The molecule has 0 aromatic heterocycles. The number of nitrogens with one attached hydrogen (secondary N) is 1. The fourth-order valence-electron chi connectivity index (χ4n) is 5.66. The fraction of sp³-hybridized carbons (Fsp3) is 0.257. The van der Waals surface area contributed by atoms with Crippen molar-refractivity contribution in [1.82, 2.24) is 5.32 Å². The van der Waals surface area contributed by atoms with Crippen LogP contribution in [-0.2, 0) is 35.9 Å². The molecule has 10 nitrogen and oxygen atoms in total. The molecule has 45 heavy (non-hydrogen) atoms. The number of nitrogens with zero attached hydrogens (tertiary/aromatic N) is 1. The summed E-state index contributed by atoms with van der Waals surface area (Å²) in [6.07, 6.45) is -2.36. The molecule has 232 valence electrons. The first-order chi connectivity index (χ1) is 21.8. The SMILES string of the molecule is CO[C@@H](COC(c1ccccc1)(c1ccccc1)c1ccccc1)[C@H]1NC(=O)[C@@H]1[C@@H](C)OC(=O)OCc1ccc([N+](=O)[O-])cc1. The Morgan fingerprint density at radius 3 is 1.82 bits per heavy atom. The van der Waals surface area contributed by atoms with Crippen LogP contribution in [0.15, 0.2) is 115 Å². The maximum Gasteiger partial charge on any atom is 0.508 e. The zero-order valence-electron chi connectivity index (χ0n) is 24.9. The van der Waals surface area contributed by atoms with Gasteiger partial charge in [-0.3, -0.25) is 14.9 Å². The molecule has 0 unspecified atom stereocenters. The maximum atomic E-state index is 12.7. The van der Waals surface area contributed by atoms with Crippen LogP contribution in [0, 0.1) is 16.0 Å². The van der Waals surface area contributed by atoms with E-state index in [9.17, 15) is 19.7 Å². The van der Waals surface area contributed by atoms with E-state index in [0.717, 1.165) is 16.7 Å². The van der Waals surface area contributed by atoms with Gasteiger partial charge in [0, 0.05) is 19.2 Å². The highest BCUT2D eigenvalue weighted by atomic mass is 16.7. The fourth-order valence-corrected chi connectivity index (χ4v) is 5.66. The second-order valence-electron chi connectivity index (χ2n) is 10.7. The highest BCUT2D eigenvalue weighted by Crippen LogP contribution is 2.41. The quantitative estimate of drug-likeness (QED) is 0.0664. The van der Waals surface area contributed by atoms with E-state index in [1.807, 2.05) is 91.0 Å². The van der Waals surface area contributed by atoms with Crippen LogP contribution in [-0.4, -0.2) is 49.0 Å². The molecule has 4 atom stereocenters. The number of hydrogen-bond acceptors (Lipinski definition) is 8. The largest absolute Gasteiger partial charge is 0.508 e. The Labute approximate surface area is 261 Å². The lowest BCUT2D eigenvalue weighted by Crippen LogP contribution is -2.68. The zero-order chi connectivity index (χ0) is 31.8. The molecule has 5 rings (SSSR count). The number of carbonyl (C=O) groups is 2. The van der Waals surface area contributed by atoms with Gasteiger partial charge in [-0.1, -0.05) is 91.0 Å². The molecule has 1 amide bonds. The van der Waals surface area contributed by atoms with E-state index < -0.39 is 40.8 Å². The number of carbonyl (C=O) groups excluding carboxylic acids is 2. The lowest BCUT2D eigenvalue weighted by Gasteiger charge is -2.44. The predicted octanol–water partition coefficient (Wildman–Crippen LogP) is 5.77. The molecule has 1 aliphatic rings. The molecule has 10 heteroatoms. The molecule has 0 aliphatic carbocycles. The minimum atomic E-state index is -0.979. The molecule has 4 aromatic rings. The summed E-state index contributed by atoms with van der Waals surface area (Å²) in [6.45, 7) is 1.59. The summed E-state index contributed by atoms with van der Waals surface area (Å²) in [7, 11) is 1.55. The Morgan fingerprint density at radius 1 is 0.867 bits per heavy atom. The smallest absolute Gasteiger partial charge is 0.430 e. The Kier molecular flexibility index (Phi) is 9.86. The number of benzene rings is 4. The topological polar surface area (TPSA) is 126 Å². The molecule has 4 aromatic carbocycles. The number of methoxy groups -OCH3 is 1. The van der Waals surface area contributed by atoms with Gasteiger partial charge in [-0.25, -0.2) is 4.79 Å². The number of non-ortho nitro benzene ring substituents is 1. The number of rotatable bonds is 13. The maximum absolute atomic E-state index is 12.7. The Bertz CT molecular complexity index is 1490. The van der Waals surface area contributed by atoms with Gasteiger partial charge in [0.15, 0.2) is 0 Å². The van der Waals surface area contributed by atoms with Crippen LogP contribution in [0.2, 0.25) is 0 Å². The minimum Gasteiger partial charge on any atom is -0.430 e. The van der Waals surface area contributed by atoms with E-state index >= 15 is 0 Å². The van der Waals surface area contributed by atoms with E-state index in [-0.39, 0.29) is 24.8 Å². The van der Waals surface area contributed by atoms with E-state index in [4.69, 9.17) is 18.9 Å². The predicted molar refractivity (Wildman–Crippen MR) is 165 cm³/mol. The molecule has 1 N–H and O–H groups in total. The standard InChI is InChI=1S/C35H34N2O8/c1-24(45-34(39)43-22-25-18-20-29(21-19-25)37(40)41)31-32(36-33(31)38)30(42-2)23-44-35(26-12-6-3-7-13-26,27-14-8-4-9-15-27)28-16-10-5-11-17-28/h3-21,24,30-32H,22-23H2,1-2H3,(H,36,38)/t24-,30+,31-,32-/m1/s1. The number of amides is 1. The molecular formula is C35H34N2O8. The van der Waals surface area contributed by atoms with Crippen molar-refractivity contribution in [2.24, 2.45) is 5.92 Å². The average Bonchev–Trinajstić information content (AvgIpc) is 3.06. The third-order valence-corrected chi connectivity index (χ3v) is 8.00. The lowest BCUT2D eigenvalue weighted by atomic mass is 9.79. The van der Waals surface area contributed by atoms with Gasteiger partial charge >= 0.3 is 6.16 Å². The van der Waals surface area contributed by atoms with Gasteiger partial charge in [0.05, 0.1) is 23.5 Å². The monoisotopic (exact) mass is 610 g/mol. The lowest BCUT2D eigenvalue weighted by molar-refractivity contribution is -0.384. The van der Waals surface area contributed by atoms with Crippen LogP contribution in [0.25, 0.3) is 0 Å². The van der Waals surface area contributed by atoms with Crippen LogP contribution >= 0.6 is 0 Å². The highest BCUT2D eigenvalue weighted by Gasteiger charge is 2.50. The molecular weight excluding hydrogens is 576 g/mol. The van der Waals surface area contributed by atoms with Crippen molar-refractivity contribution in [3.63, 3.8) is 0 Å². The third-order valence-electron chi connectivity index (χ3n) is 8.00. The van der Waals surface area contributed by atoms with Gasteiger partial charge < -0.3 is 24.3 Å². The van der Waals surface area contributed by atoms with Crippen LogP contribution in [0.4, 0.5) is 10.5 Å². The minimum absolute atomic E-state index is 0.0674. The summed E-state index contributed by atoms with van der Waals surface area (Å²) in [5, 5.41) is 13.8. The average molecular weight is 611 g/mol. The van der Waals surface area contributed by atoms with Gasteiger partial charge in [-0.15, -0.1) is 0 Å². The van der Waals surface area contributed by atoms with Crippen molar-refractivity contribution >= 4 is 17.7 Å². The molecule has 1 fully saturated rings. The zero-order valence-corrected chi connectivity index (χ0v) is 24.9. The van der Waals surface area contributed by atoms with Crippen molar-refractivity contribution in [2.45, 2.75) is 37.4 Å². The first-order valence-electron chi connectivity index (χ1n) is 14.5. The molecule has 0 radical (unpaired) electrons. The Morgan fingerprint density at radius 2 is 1.38 bits per heavy atom. The van der Waals surface area contributed by atoms with E-state index in [1.54, 1.807) is 14.0 Å². The third kappa shape index (κ3) is 6.87. The second-order valence-corrected chi connectivity index (χ2v) is 10.7. The van der Waals surface area contributed by atoms with E-state index in [0.29, 0.717) is 5.56 Å². The Balaban J connectivity index is 1.30. The highest BCUT2D eigenvalue weighted by molar-refractivity contribution is 5.87. The van der Waals surface area contributed by atoms with Crippen LogP contribution in [0.3, 0.4) is 0 Å². The van der Waals surface area contributed by atoms with Gasteiger partial charge in [0.2, 0.25) is 5.91 Å². The summed E-state index contributed by atoms with van der Waals surface area (Å²) in [5.74, 6) is -0.983. The Hall–Kier alpha value is -5.06. The van der Waals surface area contributed by atoms with Gasteiger partial charge in [0.25, 0.3) is 5.69 Å². The molecule has 1 heterocycles. The molecule has 0 saturated carbocycles. The molecule has 0 bridgehead atoms. The van der Waals surface area contributed by atoms with Crippen molar-refractivity contribution in [1.29, 1.82) is 0 Å². The van der Waals surface area contributed by atoms with Gasteiger partial charge in [-0.2, -0.15) is 0 Å². The molecule has 0 spiro atoms. The molecule has 1 saturated heterocycles. The number of nitro benzene ring substituents is 1. The summed E-state index contributed by atoms with van der Waals surface area (Å²) in [6, 6.07) is 34.9. The first kappa shape index (κ1) is 31.4. The van der Waals surface area contributed by atoms with Crippen LogP contribution in [0.1, 0.15) is 29.2 Å². The van der Waals surface area contributed by atoms with Crippen molar-refractivity contribution in [2.75, 3.05) is 13.7 Å². The van der Waals surface area contributed by atoms with E-state index in [2.05, 4.69) is 5.32 Å². The van der Waals surface area contributed by atoms with Gasteiger partial charge in [-0.05, 0) is 41.3 Å². The normalized spacial score (nSPS) is 17.3. The van der Waals surface area contributed by atoms with Crippen LogP contribution in [0.5, 0.6) is 0 Å². The van der Waals surface area contributed by atoms with Crippen molar-refractivity contribution < 1.29 is 33.5 Å². The summed E-state index contributed by atoms with van der Waals surface area (Å²) >= 11 is 0.